The average Bonchev–Trinajstić information content (AvgIpc) is 3.17. The molecule has 21 heavy (non-hydrogen) atoms. The van der Waals surface area contributed by atoms with E-state index in [0.717, 1.165) is 23.3 Å². The van der Waals surface area contributed by atoms with Gasteiger partial charge in [-0.1, -0.05) is 42.4 Å². The number of carbonyl (C=O) groups excluding carboxylic acids is 1. The standard InChI is InChI=1S/C15H16N4O2/c1-2-10-9-16-18-14(10)17-15(20)13-8-12(19-21-13)11-6-4-3-5-7-11/h3-7,9,13H,2,8H2,1H3,(H2,16,17,18,20). The SMILES string of the molecule is CCc1cn[nH]c1NC(=O)C1CC(c2ccccc2)=NO1. The Morgan fingerprint density at radius 3 is 3.00 bits per heavy atom. The molecule has 3 rings (SSSR count). The Morgan fingerprint density at radius 2 is 2.24 bits per heavy atom. The largest absolute Gasteiger partial charge is 0.382 e. The monoisotopic (exact) mass is 284 g/mol. The van der Waals surface area contributed by atoms with E-state index in [4.69, 9.17) is 4.84 Å². The molecule has 0 bridgehead atoms. The summed E-state index contributed by atoms with van der Waals surface area (Å²) in [5, 5.41) is 13.5. The van der Waals surface area contributed by atoms with Crippen LogP contribution in [0.1, 0.15) is 24.5 Å². The van der Waals surface area contributed by atoms with Crippen molar-refractivity contribution in [3.05, 3.63) is 47.7 Å². The van der Waals surface area contributed by atoms with Crippen LogP contribution in [0.3, 0.4) is 0 Å². The first-order chi connectivity index (χ1) is 10.3. The molecule has 1 atom stereocenters. The number of rotatable bonds is 4. The van der Waals surface area contributed by atoms with E-state index in [1.54, 1.807) is 6.20 Å². The first kappa shape index (κ1) is 13.4. The third kappa shape index (κ3) is 2.79. The van der Waals surface area contributed by atoms with Gasteiger partial charge in [-0.15, -0.1) is 0 Å². The Morgan fingerprint density at radius 1 is 1.43 bits per heavy atom. The lowest BCUT2D eigenvalue weighted by atomic mass is 10.0. The van der Waals surface area contributed by atoms with Crippen molar-refractivity contribution in [2.24, 2.45) is 5.16 Å². The highest BCUT2D eigenvalue weighted by Gasteiger charge is 2.29. The Kier molecular flexibility index (Phi) is 3.68. The number of aromatic amines is 1. The highest BCUT2D eigenvalue weighted by molar-refractivity contribution is 6.06. The lowest BCUT2D eigenvalue weighted by Gasteiger charge is -2.09. The number of amides is 1. The van der Waals surface area contributed by atoms with E-state index in [9.17, 15) is 4.79 Å². The van der Waals surface area contributed by atoms with Crippen LogP contribution >= 0.6 is 0 Å². The minimum Gasteiger partial charge on any atom is -0.382 e. The second-order valence-corrected chi connectivity index (χ2v) is 4.82. The molecule has 2 N–H and O–H groups in total. The summed E-state index contributed by atoms with van der Waals surface area (Å²) in [5.41, 5.74) is 2.73. The fraction of sp³-hybridized carbons (Fsp3) is 0.267. The minimum absolute atomic E-state index is 0.219. The summed E-state index contributed by atoms with van der Waals surface area (Å²) < 4.78 is 0. The molecular formula is C15H16N4O2. The van der Waals surface area contributed by atoms with Gasteiger partial charge in [-0.3, -0.25) is 9.89 Å². The summed E-state index contributed by atoms with van der Waals surface area (Å²) in [6.07, 6.45) is 2.36. The van der Waals surface area contributed by atoms with Crippen LogP contribution in [0.25, 0.3) is 0 Å². The first-order valence-electron chi connectivity index (χ1n) is 6.89. The van der Waals surface area contributed by atoms with Gasteiger partial charge in [0.2, 0.25) is 6.10 Å². The van der Waals surface area contributed by atoms with Crippen LogP contribution in [-0.4, -0.2) is 27.9 Å². The fourth-order valence-corrected chi connectivity index (χ4v) is 2.21. The summed E-state index contributed by atoms with van der Waals surface area (Å²) in [4.78, 5) is 17.4. The third-order valence-electron chi connectivity index (χ3n) is 3.42. The number of aryl methyl sites for hydroxylation is 1. The van der Waals surface area contributed by atoms with E-state index in [0.29, 0.717) is 12.2 Å². The predicted molar refractivity (Wildman–Crippen MR) is 79.1 cm³/mol. The number of nitrogens with zero attached hydrogens (tertiary/aromatic N) is 2. The molecule has 0 aliphatic carbocycles. The Labute approximate surface area is 122 Å². The van der Waals surface area contributed by atoms with Crippen molar-refractivity contribution in [3.8, 4) is 0 Å². The van der Waals surface area contributed by atoms with Crippen LogP contribution in [0.2, 0.25) is 0 Å². The van der Waals surface area contributed by atoms with Crippen LogP contribution in [0.5, 0.6) is 0 Å². The van der Waals surface area contributed by atoms with Crippen molar-refractivity contribution < 1.29 is 9.63 Å². The zero-order valence-electron chi connectivity index (χ0n) is 11.7. The van der Waals surface area contributed by atoms with Crippen molar-refractivity contribution >= 4 is 17.4 Å². The van der Waals surface area contributed by atoms with E-state index in [1.807, 2.05) is 37.3 Å². The van der Waals surface area contributed by atoms with Gasteiger partial charge in [0.15, 0.2) is 0 Å². The third-order valence-corrected chi connectivity index (χ3v) is 3.42. The molecule has 6 nitrogen and oxygen atoms in total. The van der Waals surface area contributed by atoms with Gasteiger partial charge >= 0.3 is 0 Å². The van der Waals surface area contributed by atoms with Gasteiger partial charge in [0.25, 0.3) is 5.91 Å². The zero-order chi connectivity index (χ0) is 14.7. The second-order valence-electron chi connectivity index (χ2n) is 4.82. The number of H-pyrrole nitrogens is 1. The summed E-state index contributed by atoms with van der Waals surface area (Å²) >= 11 is 0. The van der Waals surface area contributed by atoms with Crippen LogP contribution in [0.15, 0.2) is 41.7 Å². The molecule has 2 heterocycles. The number of hydrogen-bond donors (Lipinski definition) is 2. The summed E-state index contributed by atoms with van der Waals surface area (Å²) in [7, 11) is 0. The van der Waals surface area contributed by atoms with Crippen LogP contribution in [-0.2, 0) is 16.1 Å². The Hall–Kier alpha value is -2.63. The van der Waals surface area contributed by atoms with E-state index in [1.165, 1.54) is 0 Å². The van der Waals surface area contributed by atoms with Gasteiger partial charge in [0.05, 0.1) is 11.9 Å². The number of carbonyl (C=O) groups is 1. The maximum absolute atomic E-state index is 12.2. The van der Waals surface area contributed by atoms with E-state index in [-0.39, 0.29) is 5.91 Å². The topological polar surface area (TPSA) is 79.4 Å². The number of nitrogens with one attached hydrogen (secondary N) is 2. The van der Waals surface area contributed by atoms with Crippen molar-refractivity contribution in [2.75, 3.05) is 5.32 Å². The number of anilines is 1. The molecule has 1 aliphatic rings. The average molecular weight is 284 g/mol. The molecule has 0 fully saturated rings. The molecule has 108 valence electrons. The number of oxime groups is 1. The Bertz CT molecular complexity index is 663. The van der Waals surface area contributed by atoms with Gasteiger partial charge in [0.1, 0.15) is 5.82 Å². The van der Waals surface area contributed by atoms with Crippen LogP contribution in [0, 0.1) is 0 Å². The maximum atomic E-state index is 12.2. The molecule has 1 amide bonds. The molecule has 6 heteroatoms. The van der Waals surface area contributed by atoms with Crippen molar-refractivity contribution in [2.45, 2.75) is 25.9 Å². The van der Waals surface area contributed by atoms with Crippen LogP contribution in [0.4, 0.5) is 5.82 Å². The number of hydrogen-bond acceptors (Lipinski definition) is 4. The highest BCUT2D eigenvalue weighted by atomic mass is 16.6. The van der Waals surface area contributed by atoms with Crippen molar-refractivity contribution in [1.82, 2.24) is 10.2 Å². The van der Waals surface area contributed by atoms with Gasteiger partial charge < -0.3 is 10.2 Å². The number of aromatic nitrogens is 2. The lowest BCUT2D eigenvalue weighted by Crippen LogP contribution is -2.28. The van der Waals surface area contributed by atoms with Gasteiger partial charge in [-0.05, 0) is 12.0 Å². The van der Waals surface area contributed by atoms with Gasteiger partial charge in [0, 0.05) is 12.0 Å². The van der Waals surface area contributed by atoms with E-state index >= 15 is 0 Å². The summed E-state index contributed by atoms with van der Waals surface area (Å²) in [5.74, 6) is 0.405. The summed E-state index contributed by atoms with van der Waals surface area (Å²) in [6, 6.07) is 9.71. The maximum Gasteiger partial charge on any atom is 0.269 e. The molecule has 0 radical (unpaired) electrons. The molecule has 0 saturated heterocycles. The first-order valence-corrected chi connectivity index (χ1v) is 6.89. The fourth-order valence-electron chi connectivity index (χ4n) is 2.21. The lowest BCUT2D eigenvalue weighted by molar-refractivity contribution is -0.125. The van der Waals surface area contributed by atoms with E-state index < -0.39 is 6.10 Å². The van der Waals surface area contributed by atoms with Crippen molar-refractivity contribution in [3.63, 3.8) is 0 Å². The molecule has 1 unspecified atom stereocenters. The molecular weight excluding hydrogens is 268 g/mol. The normalized spacial score (nSPS) is 17.2. The quantitative estimate of drug-likeness (QED) is 0.902. The van der Waals surface area contributed by atoms with Crippen LogP contribution < -0.4 is 5.32 Å². The number of benzene rings is 1. The molecule has 0 spiro atoms. The van der Waals surface area contributed by atoms with Crippen molar-refractivity contribution in [1.29, 1.82) is 0 Å². The highest BCUT2D eigenvalue weighted by Crippen LogP contribution is 2.19. The predicted octanol–water partition coefficient (Wildman–Crippen LogP) is 2.10. The molecule has 2 aromatic rings. The molecule has 1 aromatic carbocycles. The van der Waals surface area contributed by atoms with Gasteiger partial charge in [-0.2, -0.15) is 5.10 Å². The zero-order valence-corrected chi connectivity index (χ0v) is 11.7. The minimum atomic E-state index is -0.604. The van der Waals surface area contributed by atoms with Gasteiger partial charge in [-0.25, -0.2) is 0 Å². The molecule has 1 aliphatic heterocycles. The second kappa shape index (κ2) is 5.78. The van der Waals surface area contributed by atoms with E-state index in [2.05, 4.69) is 20.7 Å². The summed E-state index contributed by atoms with van der Waals surface area (Å²) in [6.45, 7) is 2.00. The molecule has 1 aromatic heterocycles. The smallest absolute Gasteiger partial charge is 0.269 e. The molecule has 0 saturated carbocycles. The Balaban J connectivity index is 1.64.